The van der Waals surface area contributed by atoms with Crippen LogP contribution in [0.5, 0.6) is 0 Å². The number of H-pyrrole nitrogens is 1. The van der Waals surface area contributed by atoms with Crippen LogP contribution in [0.1, 0.15) is 0 Å². The van der Waals surface area contributed by atoms with Gasteiger partial charge in [-0.1, -0.05) is 0 Å². The van der Waals surface area contributed by atoms with E-state index >= 15 is 0 Å². The topological polar surface area (TPSA) is 91.5 Å². The lowest BCUT2D eigenvalue weighted by Crippen LogP contribution is -2.35. The average Bonchev–Trinajstić information content (AvgIpc) is 2.36. The van der Waals surface area contributed by atoms with Crippen LogP contribution in [0, 0.1) is 0 Å². The Kier molecular flexibility index (Phi) is 6.16. The van der Waals surface area contributed by atoms with Gasteiger partial charge < -0.3 is 14.6 Å². The van der Waals surface area contributed by atoms with Crippen LogP contribution in [0.25, 0.3) is 0 Å². The predicted molar refractivity (Wildman–Crippen MR) is 71.6 cm³/mol. The van der Waals surface area contributed by atoms with Gasteiger partial charge in [0.25, 0.3) is 0 Å². The second kappa shape index (κ2) is 7.39. The molecule has 0 bridgehead atoms. The van der Waals surface area contributed by atoms with E-state index in [2.05, 4.69) is 9.71 Å². The van der Waals surface area contributed by atoms with Crippen LogP contribution < -0.4 is 10.2 Å². The highest BCUT2D eigenvalue weighted by Crippen LogP contribution is 1.99. The van der Waals surface area contributed by atoms with Crippen molar-refractivity contribution in [1.29, 1.82) is 0 Å². The molecule has 0 saturated carbocycles. The van der Waals surface area contributed by atoms with Crippen molar-refractivity contribution in [2.24, 2.45) is 0 Å². The standard InChI is InChI=1S/C11H19N3O4S/c1-14(7-8-18-2)6-5-13-19(16,17)11-9-12-4-3-10(11)15/h3-4,9,13H,5-8H2,1-2H3,(H,12,15). The summed E-state index contributed by atoms with van der Waals surface area (Å²) in [6.45, 7) is 2.07. The summed E-state index contributed by atoms with van der Waals surface area (Å²) >= 11 is 0. The molecule has 8 heteroatoms. The molecule has 1 aromatic rings. The highest BCUT2D eigenvalue weighted by atomic mass is 32.2. The highest BCUT2D eigenvalue weighted by Gasteiger charge is 2.16. The molecule has 0 radical (unpaired) electrons. The van der Waals surface area contributed by atoms with Crippen LogP contribution in [0.3, 0.4) is 0 Å². The predicted octanol–water partition coefficient (Wildman–Crippen LogP) is -0.769. The first kappa shape index (κ1) is 15.8. The fourth-order valence-electron chi connectivity index (χ4n) is 1.42. The maximum absolute atomic E-state index is 11.9. The molecule has 0 saturated heterocycles. The van der Waals surface area contributed by atoms with Crippen molar-refractivity contribution in [2.75, 3.05) is 40.4 Å². The minimum Gasteiger partial charge on any atom is -0.383 e. The molecule has 0 spiro atoms. The van der Waals surface area contributed by atoms with Crippen molar-refractivity contribution in [3.8, 4) is 0 Å². The zero-order chi connectivity index (χ0) is 14.3. The third-order valence-electron chi connectivity index (χ3n) is 2.54. The van der Waals surface area contributed by atoms with E-state index in [4.69, 9.17) is 4.74 Å². The smallest absolute Gasteiger partial charge is 0.245 e. The normalized spacial score (nSPS) is 11.9. The van der Waals surface area contributed by atoms with Crippen molar-refractivity contribution in [2.45, 2.75) is 4.90 Å². The number of nitrogens with one attached hydrogen (secondary N) is 2. The number of ether oxygens (including phenoxy) is 1. The van der Waals surface area contributed by atoms with E-state index < -0.39 is 15.5 Å². The van der Waals surface area contributed by atoms with Gasteiger partial charge in [-0.05, 0) is 7.05 Å². The van der Waals surface area contributed by atoms with Gasteiger partial charge in [0, 0.05) is 45.2 Å². The first-order chi connectivity index (χ1) is 8.97. The van der Waals surface area contributed by atoms with Crippen LogP contribution in [0.4, 0.5) is 0 Å². The first-order valence-electron chi connectivity index (χ1n) is 5.81. The summed E-state index contributed by atoms with van der Waals surface area (Å²) in [4.78, 5) is 15.7. The summed E-state index contributed by atoms with van der Waals surface area (Å²) in [7, 11) is -0.286. The maximum Gasteiger partial charge on any atom is 0.245 e. The number of nitrogens with zero attached hydrogens (tertiary/aromatic N) is 1. The second-order valence-corrected chi connectivity index (χ2v) is 5.80. The van der Waals surface area contributed by atoms with Crippen LogP contribution in [-0.2, 0) is 14.8 Å². The lowest BCUT2D eigenvalue weighted by Gasteiger charge is -2.16. The molecule has 19 heavy (non-hydrogen) atoms. The minimum absolute atomic E-state index is 0.233. The van der Waals surface area contributed by atoms with E-state index in [0.29, 0.717) is 19.7 Å². The van der Waals surface area contributed by atoms with Gasteiger partial charge in [0.2, 0.25) is 15.5 Å². The van der Waals surface area contributed by atoms with E-state index in [-0.39, 0.29) is 11.4 Å². The molecule has 108 valence electrons. The lowest BCUT2D eigenvalue weighted by molar-refractivity contribution is 0.162. The molecule has 0 aliphatic carbocycles. The van der Waals surface area contributed by atoms with Crippen LogP contribution in [0.15, 0.2) is 28.2 Å². The Morgan fingerprint density at radius 2 is 2.16 bits per heavy atom. The van der Waals surface area contributed by atoms with Gasteiger partial charge >= 0.3 is 0 Å². The average molecular weight is 289 g/mol. The summed E-state index contributed by atoms with van der Waals surface area (Å²) < 4.78 is 31.1. The SMILES string of the molecule is COCCN(C)CCNS(=O)(=O)c1c[nH]ccc1=O. The molecule has 0 fully saturated rings. The summed E-state index contributed by atoms with van der Waals surface area (Å²) in [6.07, 6.45) is 2.57. The minimum atomic E-state index is -3.76. The van der Waals surface area contributed by atoms with Crippen LogP contribution in [-0.4, -0.2) is 58.7 Å². The lowest BCUT2D eigenvalue weighted by atomic mass is 10.5. The van der Waals surface area contributed by atoms with Gasteiger partial charge in [-0.2, -0.15) is 0 Å². The zero-order valence-electron chi connectivity index (χ0n) is 11.0. The number of aromatic amines is 1. The maximum atomic E-state index is 11.9. The Hall–Kier alpha value is -1.22. The molecule has 0 atom stereocenters. The molecule has 0 amide bonds. The molecule has 1 heterocycles. The summed E-state index contributed by atoms with van der Waals surface area (Å²) in [5.74, 6) is 0. The molecule has 2 N–H and O–H groups in total. The van der Waals surface area contributed by atoms with Gasteiger partial charge in [0.15, 0.2) is 0 Å². The Morgan fingerprint density at radius 3 is 2.79 bits per heavy atom. The largest absolute Gasteiger partial charge is 0.383 e. The number of hydrogen-bond donors (Lipinski definition) is 2. The molecular formula is C11H19N3O4S. The summed E-state index contributed by atoms with van der Waals surface area (Å²) in [5, 5.41) is 0. The number of methoxy groups -OCH3 is 1. The monoisotopic (exact) mass is 289 g/mol. The fourth-order valence-corrected chi connectivity index (χ4v) is 2.49. The molecule has 0 aliphatic heterocycles. The number of hydrogen-bond acceptors (Lipinski definition) is 5. The third-order valence-corrected chi connectivity index (χ3v) is 4.02. The van der Waals surface area contributed by atoms with Crippen molar-refractivity contribution in [3.63, 3.8) is 0 Å². The van der Waals surface area contributed by atoms with E-state index in [0.717, 1.165) is 0 Å². The van der Waals surface area contributed by atoms with E-state index in [1.165, 1.54) is 18.5 Å². The van der Waals surface area contributed by atoms with Crippen LogP contribution >= 0.6 is 0 Å². The van der Waals surface area contributed by atoms with Gasteiger partial charge in [-0.15, -0.1) is 0 Å². The molecule has 1 rings (SSSR count). The molecule has 1 aromatic heterocycles. The van der Waals surface area contributed by atoms with Gasteiger partial charge in [-0.3, -0.25) is 4.79 Å². The highest BCUT2D eigenvalue weighted by molar-refractivity contribution is 7.89. The molecule has 0 unspecified atom stereocenters. The fraction of sp³-hybridized carbons (Fsp3) is 0.545. The van der Waals surface area contributed by atoms with Crippen molar-refractivity contribution >= 4 is 10.0 Å². The molecular weight excluding hydrogens is 270 g/mol. The van der Waals surface area contributed by atoms with E-state index in [1.807, 2.05) is 11.9 Å². The Labute approximate surface area is 112 Å². The van der Waals surface area contributed by atoms with Crippen molar-refractivity contribution in [1.82, 2.24) is 14.6 Å². The third kappa shape index (κ3) is 5.11. The molecule has 0 aromatic carbocycles. The van der Waals surface area contributed by atoms with Gasteiger partial charge in [0.05, 0.1) is 6.61 Å². The second-order valence-electron chi connectivity index (χ2n) is 4.07. The molecule has 0 aliphatic rings. The van der Waals surface area contributed by atoms with E-state index in [9.17, 15) is 13.2 Å². The Balaban J connectivity index is 2.53. The van der Waals surface area contributed by atoms with Crippen LogP contribution in [0.2, 0.25) is 0 Å². The zero-order valence-corrected chi connectivity index (χ0v) is 11.9. The summed E-state index contributed by atoms with van der Waals surface area (Å²) in [5.41, 5.74) is -0.529. The van der Waals surface area contributed by atoms with Crippen molar-refractivity contribution < 1.29 is 13.2 Å². The first-order valence-corrected chi connectivity index (χ1v) is 7.30. The quantitative estimate of drug-likeness (QED) is 0.656. The number of pyridine rings is 1. The number of aromatic nitrogens is 1. The Bertz CT molecular complexity index is 541. The Morgan fingerprint density at radius 1 is 1.42 bits per heavy atom. The van der Waals surface area contributed by atoms with E-state index in [1.54, 1.807) is 7.11 Å². The van der Waals surface area contributed by atoms with Gasteiger partial charge in [-0.25, -0.2) is 13.1 Å². The number of sulfonamides is 1. The molecule has 7 nitrogen and oxygen atoms in total. The number of rotatable bonds is 8. The number of likely N-dealkylation sites (N-methyl/N-ethyl adjacent to an activating group) is 1. The summed E-state index contributed by atoms with van der Waals surface area (Å²) in [6, 6.07) is 1.18. The van der Waals surface area contributed by atoms with Crippen molar-refractivity contribution in [3.05, 3.63) is 28.7 Å². The van der Waals surface area contributed by atoms with Gasteiger partial charge in [0.1, 0.15) is 4.90 Å².